The van der Waals surface area contributed by atoms with Crippen molar-refractivity contribution < 1.29 is 13.2 Å². The second kappa shape index (κ2) is 3.86. The molecule has 0 amide bonds. The Labute approximate surface area is 82.5 Å². The zero-order valence-electron chi connectivity index (χ0n) is 7.32. The fourth-order valence-corrected chi connectivity index (χ4v) is 2.78. The monoisotopic (exact) mass is 302 g/mol. The number of hydrogen-bond donors (Lipinski definition) is 0. The van der Waals surface area contributed by atoms with Crippen molar-refractivity contribution in [2.24, 2.45) is 0 Å². The van der Waals surface area contributed by atoms with E-state index in [0.717, 1.165) is 9.64 Å². The Bertz CT molecular complexity index is 291. The van der Waals surface area contributed by atoms with Gasteiger partial charge in [-0.2, -0.15) is 0 Å². The Balaban J connectivity index is 3.06. The van der Waals surface area contributed by atoms with Crippen molar-refractivity contribution in [2.45, 2.75) is 6.18 Å². The van der Waals surface area contributed by atoms with Crippen LogP contribution in [0.2, 0.25) is 0 Å². The molecule has 74 valence electrons. The van der Waals surface area contributed by atoms with Crippen molar-refractivity contribution in [1.82, 2.24) is 0 Å². The van der Waals surface area contributed by atoms with Crippen LogP contribution >= 0.6 is 19.8 Å². The second-order valence-electron chi connectivity index (χ2n) is 2.76. The van der Waals surface area contributed by atoms with Crippen molar-refractivity contribution in [2.75, 3.05) is 9.86 Å². The molecular weight excluding hydrogens is 292 g/mol. The summed E-state index contributed by atoms with van der Waals surface area (Å²) in [5.74, 6) is 0. The summed E-state index contributed by atoms with van der Waals surface area (Å²) in [4.78, 5) is 4.05. The van der Waals surface area contributed by atoms with Crippen LogP contribution < -0.4 is 0 Å². The third-order valence-electron chi connectivity index (χ3n) is 1.59. The molecule has 0 aliphatic rings. The van der Waals surface area contributed by atoms with Crippen molar-refractivity contribution in [3.05, 3.63) is 33.4 Å². The molecule has 0 aromatic heterocycles. The molecule has 1 rings (SSSR count). The fraction of sp³-hybridized carbons (Fsp3) is 0.333. The average Bonchev–Trinajstić information content (AvgIpc) is 2.03. The van der Waals surface area contributed by atoms with E-state index in [1.165, 1.54) is 12.1 Å². The van der Waals surface area contributed by atoms with Crippen molar-refractivity contribution in [3.8, 4) is 0 Å². The quantitative estimate of drug-likeness (QED) is 0.549. The van der Waals surface area contributed by atoms with E-state index in [0.29, 0.717) is 0 Å². The summed E-state index contributed by atoms with van der Waals surface area (Å²) < 4.78 is 37.6. The normalized spacial score (nSPS) is 12.8. The first-order valence-corrected chi connectivity index (χ1v) is 8.98. The molecule has 0 aliphatic carbocycles. The number of benzene rings is 1. The molecule has 0 bridgehead atoms. The van der Waals surface area contributed by atoms with E-state index in [-0.39, 0.29) is 0 Å². The van der Waals surface area contributed by atoms with Crippen molar-refractivity contribution in [3.63, 3.8) is 0 Å². The van der Waals surface area contributed by atoms with Gasteiger partial charge in [0, 0.05) is 0 Å². The molecule has 0 saturated carbocycles. The predicted octanol–water partition coefficient (Wildman–Crippen LogP) is 3.64. The molecule has 1 aromatic rings. The Hall–Kier alpha value is -0.260. The molecule has 0 aliphatic heterocycles. The molecule has 4 heteroatoms. The summed E-state index contributed by atoms with van der Waals surface area (Å²) >= 11 is -1.29. The van der Waals surface area contributed by atoms with Crippen LogP contribution in [0.5, 0.6) is 0 Å². The zero-order chi connectivity index (χ0) is 10.1. The van der Waals surface area contributed by atoms with Gasteiger partial charge < -0.3 is 0 Å². The summed E-state index contributed by atoms with van der Waals surface area (Å²) in [6, 6.07) is 5.64. The van der Waals surface area contributed by atoms with Gasteiger partial charge in [-0.05, 0) is 0 Å². The molecule has 1 aromatic carbocycles. The maximum atomic E-state index is 12.2. The molecule has 0 atom stereocenters. The number of rotatable bonds is 1. The minimum absolute atomic E-state index is 0.531. The van der Waals surface area contributed by atoms with Crippen LogP contribution in [0.15, 0.2) is 24.3 Å². The van der Waals surface area contributed by atoms with Gasteiger partial charge in [-0.15, -0.1) is 0 Å². The maximum absolute atomic E-state index is 12.2. The Morgan fingerprint density at radius 1 is 1.15 bits per heavy atom. The number of hydrogen-bond acceptors (Lipinski definition) is 0. The third-order valence-corrected chi connectivity index (χ3v) is 4.75. The van der Waals surface area contributed by atoms with Gasteiger partial charge in [-0.1, -0.05) is 0 Å². The van der Waals surface area contributed by atoms with Crippen LogP contribution in [0, 0.1) is 3.57 Å². The first-order chi connectivity index (χ1) is 5.91. The molecule has 0 unspecified atom stereocenters. The minimum atomic E-state index is -4.21. The molecule has 0 radical (unpaired) electrons. The zero-order valence-corrected chi connectivity index (χ0v) is 9.48. The van der Waals surface area contributed by atoms with Gasteiger partial charge in [0.2, 0.25) is 0 Å². The summed E-state index contributed by atoms with van der Waals surface area (Å²) in [6.07, 6.45) is -4.21. The van der Waals surface area contributed by atoms with E-state index in [2.05, 4.69) is 0 Å². The van der Waals surface area contributed by atoms with Gasteiger partial charge in [0.1, 0.15) is 0 Å². The van der Waals surface area contributed by atoms with Crippen molar-refractivity contribution in [1.29, 1.82) is 0 Å². The summed E-state index contributed by atoms with van der Waals surface area (Å²) in [5, 5.41) is 0. The third kappa shape index (κ3) is 2.86. The van der Waals surface area contributed by atoms with Crippen LogP contribution in [0.3, 0.4) is 0 Å². The van der Waals surface area contributed by atoms with Gasteiger partial charge in [-0.3, -0.25) is 0 Å². The number of halogens is 4. The van der Waals surface area contributed by atoms with Gasteiger partial charge in [-0.25, -0.2) is 0 Å². The molecule has 13 heavy (non-hydrogen) atoms. The summed E-state index contributed by atoms with van der Waals surface area (Å²) in [6.45, 7) is 0. The van der Waals surface area contributed by atoms with Crippen LogP contribution in [0.1, 0.15) is 5.56 Å². The molecule has 0 spiro atoms. The molecule has 0 fully saturated rings. The van der Waals surface area contributed by atoms with Crippen molar-refractivity contribution >= 4 is 19.8 Å². The molecule has 0 nitrogen and oxygen atoms in total. The Morgan fingerprint density at radius 3 is 2.23 bits per heavy atom. The topological polar surface area (TPSA) is 0 Å². The summed E-state index contributed by atoms with van der Waals surface area (Å²) in [7, 11) is 0. The average molecular weight is 302 g/mol. The Morgan fingerprint density at radius 2 is 1.77 bits per heavy atom. The van der Waals surface area contributed by atoms with E-state index in [9.17, 15) is 13.2 Å². The fourth-order valence-electron chi connectivity index (χ4n) is 0.900. The van der Waals surface area contributed by atoms with Gasteiger partial charge in [0.25, 0.3) is 0 Å². The second-order valence-corrected chi connectivity index (χ2v) is 8.32. The van der Waals surface area contributed by atoms with Gasteiger partial charge >= 0.3 is 82.4 Å². The van der Waals surface area contributed by atoms with E-state index in [4.69, 9.17) is 0 Å². The molecular formula is C9H10F3I. The first kappa shape index (κ1) is 10.8. The molecule has 0 heterocycles. The predicted molar refractivity (Wildman–Crippen MR) is 56.0 cm³/mol. The van der Waals surface area contributed by atoms with E-state index in [1.54, 1.807) is 6.07 Å². The van der Waals surface area contributed by atoms with E-state index >= 15 is 0 Å². The van der Waals surface area contributed by atoms with Crippen LogP contribution in [0.4, 0.5) is 13.2 Å². The molecule has 0 N–H and O–H groups in total. The van der Waals surface area contributed by atoms with E-state index in [1.807, 2.05) is 9.86 Å². The summed E-state index contributed by atoms with van der Waals surface area (Å²) in [5.41, 5.74) is -0.531. The standard InChI is InChI=1S/C9H10F3I/c1-13(2)8-5-3-4-7(6-8)9(10,11)12/h3-6H,1-2H3. The van der Waals surface area contributed by atoms with Crippen LogP contribution in [-0.4, -0.2) is 9.86 Å². The SMILES string of the molecule is CI(C)c1cccc(C(F)(F)F)c1. The number of alkyl halides is 5. The first-order valence-electron chi connectivity index (χ1n) is 3.58. The van der Waals surface area contributed by atoms with Gasteiger partial charge in [0.05, 0.1) is 0 Å². The van der Waals surface area contributed by atoms with E-state index < -0.39 is 31.6 Å². The van der Waals surface area contributed by atoms with Crippen LogP contribution in [0.25, 0.3) is 0 Å². The Kier molecular flexibility index (Phi) is 3.21. The van der Waals surface area contributed by atoms with Gasteiger partial charge in [0.15, 0.2) is 0 Å². The van der Waals surface area contributed by atoms with Crippen LogP contribution in [-0.2, 0) is 6.18 Å². The molecule has 0 saturated heterocycles.